The van der Waals surface area contributed by atoms with Crippen LogP contribution in [0.5, 0.6) is 17.2 Å². The number of aliphatic hydroxyl groups is 1. The van der Waals surface area contributed by atoms with Crippen molar-refractivity contribution in [3.63, 3.8) is 0 Å². The van der Waals surface area contributed by atoms with Gasteiger partial charge < -0.3 is 24.6 Å². The summed E-state index contributed by atoms with van der Waals surface area (Å²) in [7, 11) is 2.65. The third kappa shape index (κ3) is 6.38. The number of amides is 1. The van der Waals surface area contributed by atoms with Crippen molar-refractivity contribution >= 4 is 11.7 Å². The summed E-state index contributed by atoms with van der Waals surface area (Å²) in [5, 5.41) is 11.4. The van der Waals surface area contributed by atoms with E-state index in [4.69, 9.17) is 19.3 Å². The van der Waals surface area contributed by atoms with E-state index in [2.05, 4.69) is 10.3 Å². The second-order valence-corrected chi connectivity index (χ2v) is 7.94. The molecule has 202 valence electrons. The van der Waals surface area contributed by atoms with Crippen molar-refractivity contribution in [2.75, 3.05) is 27.4 Å². The van der Waals surface area contributed by atoms with Crippen LogP contribution in [0.25, 0.3) is 11.3 Å². The number of benzene rings is 2. The molecule has 3 rings (SSSR count). The highest BCUT2D eigenvalue weighted by Crippen LogP contribution is 2.36. The van der Waals surface area contributed by atoms with E-state index in [0.717, 1.165) is 6.07 Å². The molecule has 0 saturated heterocycles. The van der Waals surface area contributed by atoms with E-state index in [1.165, 1.54) is 51.5 Å². The van der Waals surface area contributed by atoms with Crippen LogP contribution in [-0.2, 0) is 6.18 Å². The van der Waals surface area contributed by atoms with Gasteiger partial charge in [0, 0.05) is 11.1 Å². The Bertz CT molecular complexity index is 1330. The molecule has 0 bridgehead atoms. The number of methoxy groups -OCH3 is 2. The molecule has 8 nitrogen and oxygen atoms in total. The zero-order chi connectivity index (χ0) is 28.0. The van der Waals surface area contributed by atoms with E-state index in [1.807, 2.05) is 0 Å². The van der Waals surface area contributed by atoms with Gasteiger partial charge >= 0.3 is 6.18 Å². The van der Waals surface area contributed by atoms with E-state index >= 15 is 0 Å². The van der Waals surface area contributed by atoms with E-state index in [9.17, 15) is 27.2 Å². The summed E-state index contributed by atoms with van der Waals surface area (Å²) in [6, 6.07) is 8.22. The summed E-state index contributed by atoms with van der Waals surface area (Å²) in [5.74, 6) is -2.08. The maximum Gasteiger partial charge on any atom is 0.419 e. The number of nitrogens with zero attached hydrogens (tertiary/aromatic N) is 1. The fourth-order valence-electron chi connectivity index (χ4n) is 3.50. The Morgan fingerprint density at radius 2 is 1.68 bits per heavy atom. The Balaban J connectivity index is 1.85. The van der Waals surface area contributed by atoms with Gasteiger partial charge in [0.15, 0.2) is 11.5 Å². The van der Waals surface area contributed by atoms with Gasteiger partial charge in [0.1, 0.15) is 29.6 Å². The molecule has 0 spiro atoms. The molecule has 0 unspecified atom stereocenters. The Morgan fingerprint density at radius 1 is 1.00 bits per heavy atom. The second kappa shape index (κ2) is 11.9. The number of Topliss-reactive ketones (excluding diaryl/α,β-unsaturated/α-hetero) is 1. The number of halogens is 4. The van der Waals surface area contributed by atoms with Gasteiger partial charge in [-0.25, -0.2) is 9.37 Å². The molecule has 3 aromatic rings. The molecule has 0 aliphatic heterocycles. The van der Waals surface area contributed by atoms with Crippen LogP contribution in [-0.4, -0.2) is 55.3 Å². The fourth-order valence-corrected chi connectivity index (χ4v) is 3.50. The minimum atomic E-state index is -4.94. The molecule has 0 saturated carbocycles. The Hall–Kier alpha value is -4.19. The number of alkyl halides is 3. The Morgan fingerprint density at radius 3 is 2.32 bits per heavy atom. The minimum Gasteiger partial charge on any atom is -0.494 e. The molecule has 1 heterocycles. The summed E-state index contributed by atoms with van der Waals surface area (Å²) in [5.41, 5.74) is -1.70. The van der Waals surface area contributed by atoms with E-state index in [1.54, 1.807) is 0 Å². The highest BCUT2D eigenvalue weighted by Gasteiger charge is 2.34. The lowest BCUT2D eigenvalue weighted by atomic mass is 10.0. The predicted octanol–water partition coefficient (Wildman–Crippen LogP) is 4.30. The minimum absolute atomic E-state index is 0.0275. The van der Waals surface area contributed by atoms with Gasteiger partial charge in [-0.05, 0) is 55.5 Å². The normalized spacial score (nSPS) is 12.0. The van der Waals surface area contributed by atoms with Crippen LogP contribution >= 0.6 is 0 Å². The molecule has 0 aliphatic carbocycles. The van der Waals surface area contributed by atoms with Crippen LogP contribution < -0.4 is 19.5 Å². The van der Waals surface area contributed by atoms with Crippen LogP contribution in [0.1, 0.15) is 33.3 Å². The lowest BCUT2D eigenvalue weighted by Crippen LogP contribution is -2.38. The largest absolute Gasteiger partial charge is 0.494 e. The molecular formula is C26H24F4N2O6. The molecule has 1 aromatic heterocycles. The van der Waals surface area contributed by atoms with Crippen molar-refractivity contribution in [3.05, 3.63) is 71.2 Å². The lowest BCUT2D eigenvalue weighted by molar-refractivity contribution is -0.139. The maximum atomic E-state index is 13.8. The average molecular weight is 536 g/mol. The molecule has 1 amide bonds. The first-order chi connectivity index (χ1) is 18.0. The number of rotatable bonds is 10. The van der Waals surface area contributed by atoms with Crippen molar-refractivity contribution in [1.29, 1.82) is 0 Å². The Labute approximate surface area is 215 Å². The number of aromatic nitrogens is 1. The van der Waals surface area contributed by atoms with Crippen LogP contribution in [0.2, 0.25) is 0 Å². The topological polar surface area (TPSA) is 107 Å². The van der Waals surface area contributed by atoms with Gasteiger partial charge in [-0.15, -0.1) is 0 Å². The summed E-state index contributed by atoms with van der Waals surface area (Å²) >= 11 is 0. The fraction of sp³-hybridized carbons (Fsp3) is 0.269. The van der Waals surface area contributed by atoms with Crippen LogP contribution in [0.4, 0.5) is 17.6 Å². The quantitative estimate of drug-likeness (QED) is 0.294. The van der Waals surface area contributed by atoms with Crippen molar-refractivity contribution in [2.45, 2.75) is 19.1 Å². The summed E-state index contributed by atoms with van der Waals surface area (Å²) in [4.78, 5) is 30.0. The van der Waals surface area contributed by atoms with Crippen LogP contribution in [0, 0.1) is 5.82 Å². The molecular weight excluding hydrogens is 512 g/mol. The first-order valence-electron chi connectivity index (χ1n) is 11.2. The number of hydrogen-bond acceptors (Lipinski definition) is 7. The number of carbonyl (C=O) groups is 2. The standard InChI is InChI=1S/C26H24F4N2O6/c1-14(31-25(35)16-5-8-20(38-11-10-33)22(13-16)37-3)24(34)19-7-9-21(36-2)23(32-19)15-4-6-18(27)17(12-15)26(28,29)30/h4-9,12-14,33H,10-11H2,1-3H3,(H,31,35)/t14-/m0/s1. The number of hydrogen-bond donors (Lipinski definition) is 2. The van der Waals surface area contributed by atoms with Crippen molar-refractivity contribution in [3.8, 4) is 28.5 Å². The molecule has 38 heavy (non-hydrogen) atoms. The third-order valence-electron chi connectivity index (χ3n) is 5.39. The molecule has 0 aliphatic rings. The predicted molar refractivity (Wildman–Crippen MR) is 128 cm³/mol. The van der Waals surface area contributed by atoms with Gasteiger partial charge in [-0.1, -0.05) is 0 Å². The summed E-state index contributed by atoms with van der Waals surface area (Å²) in [6.07, 6.45) is -4.94. The first kappa shape index (κ1) is 28.4. The highest BCUT2D eigenvalue weighted by atomic mass is 19.4. The number of carbonyl (C=O) groups excluding carboxylic acids is 2. The highest BCUT2D eigenvalue weighted by molar-refractivity contribution is 6.03. The number of pyridine rings is 1. The number of nitrogens with one attached hydrogen (secondary N) is 1. The molecule has 0 radical (unpaired) electrons. The first-order valence-corrected chi connectivity index (χ1v) is 11.2. The summed E-state index contributed by atoms with van der Waals surface area (Å²) in [6.45, 7) is 1.23. The smallest absolute Gasteiger partial charge is 0.419 e. The van der Waals surface area contributed by atoms with E-state index in [-0.39, 0.29) is 47.2 Å². The zero-order valence-corrected chi connectivity index (χ0v) is 20.6. The molecule has 2 N–H and O–H groups in total. The number of ketones is 1. The van der Waals surface area contributed by atoms with Gasteiger partial charge in [0.05, 0.1) is 32.4 Å². The average Bonchev–Trinajstić information content (AvgIpc) is 2.90. The van der Waals surface area contributed by atoms with E-state index in [0.29, 0.717) is 17.9 Å². The summed E-state index contributed by atoms with van der Waals surface area (Å²) < 4.78 is 69.1. The maximum absolute atomic E-state index is 13.8. The van der Waals surface area contributed by atoms with Crippen LogP contribution in [0.3, 0.4) is 0 Å². The molecule has 1 atom stereocenters. The van der Waals surface area contributed by atoms with Crippen LogP contribution in [0.15, 0.2) is 48.5 Å². The third-order valence-corrected chi connectivity index (χ3v) is 5.39. The van der Waals surface area contributed by atoms with Crippen molar-refractivity contribution in [2.24, 2.45) is 0 Å². The van der Waals surface area contributed by atoms with Gasteiger partial charge in [-0.3, -0.25) is 9.59 Å². The number of aliphatic hydroxyl groups excluding tert-OH is 1. The van der Waals surface area contributed by atoms with Gasteiger partial charge in [-0.2, -0.15) is 13.2 Å². The van der Waals surface area contributed by atoms with Gasteiger partial charge in [0.2, 0.25) is 5.78 Å². The molecule has 12 heteroatoms. The zero-order valence-electron chi connectivity index (χ0n) is 20.6. The number of ether oxygens (including phenoxy) is 3. The van der Waals surface area contributed by atoms with Gasteiger partial charge in [0.25, 0.3) is 5.91 Å². The lowest BCUT2D eigenvalue weighted by Gasteiger charge is -2.16. The van der Waals surface area contributed by atoms with Crippen molar-refractivity contribution < 1.29 is 46.5 Å². The molecule has 2 aromatic carbocycles. The monoisotopic (exact) mass is 536 g/mol. The second-order valence-electron chi connectivity index (χ2n) is 7.94. The SMILES string of the molecule is COc1cc(C(=O)N[C@@H](C)C(=O)c2ccc(OC)c(-c3ccc(F)c(C(F)(F)F)c3)n2)ccc1OCCO. The van der Waals surface area contributed by atoms with E-state index < -0.39 is 35.3 Å². The Kier molecular flexibility index (Phi) is 8.89. The van der Waals surface area contributed by atoms with Crippen molar-refractivity contribution in [1.82, 2.24) is 10.3 Å². The molecule has 0 fully saturated rings.